The Kier molecular flexibility index (Phi) is 16.7. The molecule has 11 heteroatoms. The van der Waals surface area contributed by atoms with Gasteiger partial charge in [0.25, 0.3) is 0 Å². The van der Waals surface area contributed by atoms with Gasteiger partial charge in [0.05, 0.1) is 5.41 Å². The third-order valence-electron chi connectivity index (χ3n) is 9.45. The highest BCUT2D eigenvalue weighted by Gasteiger charge is 2.42. The fraction of sp³-hybridized carbons (Fsp3) is 0.475. The molecule has 1 amide bonds. The Labute approximate surface area is 307 Å². The number of rotatable bonds is 15. The van der Waals surface area contributed by atoms with E-state index in [0.717, 1.165) is 64.6 Å². The number of aliphatic carboxylic acids is 1. The predicted molar refractivity (Wildman–Crippen MR) is 196 cm³/mol. The van der Waals surface area contributed by atoms with Crippen LogP contribution in [0, 0.1) is 0 Å². The standard InChI is InChI=1S/C38H52N4O.C2HF3O2.ClH/c1-37(2)30-20-13-15-22-32(30)41(5)34(37)24-10-8-11-25-35-38(3,4)31-21-14-16-23-33(31)42(35)29-19-9-12-26-36(43)40-28-18-7-6-17-27-39;3-2(4,5)1(6)7;/h8,10-11,13-16,20-25H,6-7,9,12,17-19,26-29,39H2,1-5H3;(H,6,7);1H. The van der Waals surface area contributed by atoms with Crippen LogP contribution in [0.1, 0.15) is 90.2 Å². The number of benzene rings is 2. The van der Waals surface area contributed by atoms with Crippen molar-refractivity contribution in [1.29, 1.82) is 0 Å². The number of para-hydroxylation sites is 2. The van der Waals surface area contributed by atoms with E-state index in [4.69, 9.17) is 15.6 Å². The topological polar surface area (TPSA) is 98.7 Å². The number of hydrogen-bond acceptors (Lipinski definition) is 4. The van der Waals surface area contributed by atoms with Crippen molar-refractivity contribution >= 4 is 29.0 Å². The molecule has 280 valence electrons. The minimum Gasteiger partial charge on any atom is -1.00 e. The fourth-order valence-electron chi connectivity index (χ4n) is 6.71. The number of nitrogens with zero attached hydrogens (tertiary/aromatic N) is 2. The third kappa shape index (κ3) is 11.6. The molecule has 0 saturated carbocycles. The fourth-order valence-corrected chi connectivity index (χ4v) is 6.71. The van der Waals surface area contributed by atoms with Crippen molar-refractivity contribution in [1.82, 2.24) is 5.32 Å². The zero-order valence-electron chi connectivity index (χ0n) is 30.5. The molecule has 0 radical (unpaired) electrons. The van der Waals surface area contributed by atoms with Gasteiger partial charge in [0.1, 0.15) is 7.05 Å². The second kappa shape index (κ2) is 19.6. The summed E-state index contributed by atoms with van der Waals surface area (Å²) < 4.78 is 34.0. The van der Waals surface area contributed by atoms with E-state index in [-0.39, 0.29) is 29.1 Å². The van der Waals surface area contributed by atoms with E-state index >= 15 is 0 Å². The van der Waals surface area contributed by atoms with Crippen LogP contribution in [0.4, 0.5) is 24.5 Å². The van der Waals surface area contributed by atoms with Gasteiger partial charge in [-0.3, -0.25) is 4.79 Å². The van der Waals surface area contributed by atoms with Crippen LogP contribution in [0.25, 0.3) is 0 Å². The highest BCUT2D eigenvalue weighted by molar-refractivity contribution is 6.03. The lowest BCUT2D eigenvalue weighted by atomic mass is 9.81. The molecule has 0 spiro atoms. The van der Waals surface area contributed by atoms with E-state index in [1.54, 1.807) is 0 Å². The number of halogens is 4. The van der Waals surface area contributed by atoms with Crippen LogP contribution in [0.15, 0.2) is 84.6 Å². The number of amides is 1. The first-order valence-electron chi connectivity index (χ1n) is 17.5. The number of carbonyl (C=O) groups excluding carboxylic acids is 1. The molecule has 2 aliphatic rings. The molecule has 0 atom stereocenters. The summed E-state index contributed by atoms with van der Waals surface area (Å²) in [5, 5.41) is 10.2. The zero-order valence-corrected chi connectivity index (χ0v) is 31.3. The molecular weight excluding hydrogens is 677 g/mol. The highest BCUT2D eigenvalue weighted by atomic mass is 35.5. The first-order chi connectivity index (χ1) is 23.6. The number of carboxylic acids is 1. The van der Waals surface area contributed by atoms with E-state index in [1.165, 1.54) is 33.9 Å². The summed E-state index contributed by atoms with van der Waals surface area (Å²) in [4.78, 5) is 23.6. The van der Waals surface area contributed by atoms with Gasteiger partial charge < -0.3 is 33.5 Å². The molecule has 4 rings (SSSR count). The Morgan fingerprint density at radius 3 is 2.12 bits per heavy atom. The normalized spacial score (nSPS) is 16.6. The van der Waals surface area contributed by atoms with E-state index in [1.807, 2.05) is 0 Å². The van der Waals surface area contributed by atoms with Crippen LogP contribution in [0.5, 0.6) is 0 Å². The van der Waals surface area contributed by atoms with Gasteiger partial charge in [0.15, 0.2) is 5.71 Å². The number of anilines is 1. The van der Waals surface area contributed by atoms with Crippen LogP contribution in [0.2, 0.25) is 0 Å². The Hall–Kier alpha value is -3.89. The second-order valence-corrected chi connectivity index (χ2v) is 13.8. The Morgan fingerprint density at radius 1 is 0.863 bits per heavy atom. The van der Waals surface area contributed by atoms with Crippen LogP contribution in [0.3, 0.4) is 0 Å². The average Bonchev–Trinajstić information content (AvgIpc) is 3.40. The maximum Gasteiger partial charge on any atom is 0.490 e. The number of allylic oxidation sites excluding steroid dienone is 6. The van der Waals surface area contributed by atoms with E-state index in [0.29, 0.717) is 6.42 Å². The number of carbonyl (C=O) groups is 2. The second-order valence-electron chi connectivity index (χ2n) is 13.8. The molecule has 0 fully saturated rings. The Morgan fingerprint density at radius 2 is 1.47 bits per heavy atom. The van der Waals surface area contributed by atoms with Gasteiger partial charge in [0.2, 0.25) is 11.6 Å². The third-order valence-corrected chi connectivity index (χ3v) is 9.45. The molecule has 0 aliphatic carbocycles. The lowest BCUT2D eigenvalue weighted by Crippen LogP contribution is -3.00. The van der Waals surface area contributed by atoms with Crippen LogP contribution in [-0.2, 0) is 20.4 Å². The van der Waals surface area contributed by atoms with Crippen LogP contribution in [-0.4, -0.2) is 60.1 Å². The number of nitrogens with two attached hydrogens (primary N) is 1. The van der Waals surface area contributed by atoms with Crippen molar-refractivity contribution in [2.24, 2.45) is 5.73 Å². The van der Waals surface area contributed by atoms with Crippen molar-refractivity contribution in [2.75, 3.05) is 31.6 Å². The lowest BCUT2D eigenvalue weighted by molar-refractivity contribution is -0.401. The van der Waals surface area contributed by atoms with Crippen molar-refractivity contribution in [3.8, 4) is 0 Å². The van der Waals surface area contributed by atoms with Crippen molar-refractivity contribution < 1.29 is 44.8 Å². The monoisotopic (exact) mass is 730 g/mol. The first-order valence-corrected chi connectivity index (χ1v) is 17.5. The van der Waals surface area contributed by atoms with Gasteiger partial charge in [-0.05, 0) is 63.8 Å². The largest absolute Gasteiger partial charge is 1.00 e. The van der Waals surface area contributed by atoms with Gasteiger partial charge in [0, 0.05) is 54.0 Å². The summed E-state index contributed by atoms with van der Waals surface area (Å²) in [6.07, 6.45) is 14.0. The molecule has 2 heterocycles. The number of fused-ring (bicyclic) bond motifs is 2. The molecule has 2 aromatic rings. The Balaban J connectivity index is 0.00000102. The van der Waals surface area contributed by atoms with E-state index < -0.39 is 12.1 Å². The minimum absolute atomic E-state index is 0. The van der Waals surface area contributed by atoms with Crippen LogP contribution >= 0.6 is 0 Å². The number of carboxylic acid groups (broad SMARTS) is 1. The molecule has 2 aliphatic heterocycles. The molecule has 0 aromatic heterocycles. The summed E-state index contributed by atoms with van der Waals surface area (Å²) >= 11 is 0. The molecule has 51 heavy (non-hydrogen) atoms. The minimum atomic E-state index is -5.08. The van der Waals surface area contributed by atoms with E-state index in [9.17, 15) is 18.0 Å². The molecule has 4 N–H and O–H groups in total. The predicted octanol–water partition coefficient (Wildman–Crippen LogP) is 5.32. The molecular formula is C40H54ClF3N4O3. The Bertz CT molecular complexity index is 1600. The SMILES string of the molecule is C[N+]1=C(/C=C/C=C/C=C2\N(CCCCCC(=O)NCCCCCCN)c3ccccc3C2(C)C)C(C)(C)c2ccccc21.O=C(O)C(F)(F)F.[Cl-]. The molecule has 0 saturated heterocycles. The number of hydrogen-bond donors (Lipinski definition) is 3. The number of nitrogens with one attached hydrogen (secondary N) is 1. The van der Waals surface area contributed by atoms with E-state index in [2.05, 4.69) is 128 Å². The maximum absolute atomic E-state index is 12.3. The van der Waals surface area contributed by atoms with Gasteiger partial charge in [-0.2, -0.15) is 17.7 Å². The molecule has 2 aromatic carbocycles. The summed E-state index contributed by atoms with van der Waals surface area (Å²) in [5.74, 6) is -2.58. The maximum atomic E-state index is 12.3. The smallest absolute Gasteiger partial charge is 0.490 e. The summed E-state index contributed by atoms with van der Waals surface area (Å²) in [5.41, 5.74) is 13.4. The lowest BCUT2D eigenvalue weighted by Gasteiger charge is -2.27. The van der Waals surface area contributed by atoms with Crippen molar-refractivity contribution in [3.05, 3.63) is 95.7 Å². The number of alkyl halides is 3. The molecule has 0 bridgehead atoms. The first kappa shape index (κ1) is 43.3. The van der Waals surface area contributed by atoms with Gasteiger partial charge in [-0.25, -0.2) is 4.79 Å². The van der Waals surface area contributed by atoms with Gasteiger partial charge >= 0.3 is 12.1 Å². The summed E-state index contributed by atoms with van der Waals surface area (Å²) in [6.45, 7) is 11.7. The summed E-state index contributed by atoms with van der Waals surface area (Å²) in [7, 11) is 2.16. The quantitative estimate of drug-likeness (QED) is 0.131. The highest BCUT2D eigenvalue weighted by Crippen LogP contribution is 2.47. The molecule has 7 nitrogen and oxygen atoms in total. The zero-order chi connectivity index (χ0) is 37.0. The van der Waals surface area contributed by atoms with Crippen molar-refractivity contribution in [2.45, 2.75) is 96.1 Å². The average molecular weight is 731 g/mol. The number of unbranched alkanes of at least 4 members (excludes halogenated alkanes) is 5. The van der Waals surface area contributed by atoms with Gasteiger partial charge in [-0.15, -0.1) is 0 Å². The van der Waals surface area contributed by atoms with Gasteiger partial charge in [-0.1, -0.05) is 87.7 Å². The summed E-state index contributed by atoms with van der Waals surface area (Å²) in [6, 6.07) is 17.5. The van der Waals surface area contributed by atoms with Crippen molar-refractivity contribution in [3.63, 3.8) is 0 Å². The molecule has 0 unspecified atom stereocenters. The van der Waals surface area contributed by atoms with Crippen LogP contribution < -0.4 is 28.4 Å².